The number of hydrogen-bond donors (Lipinski definition) is 0. The van der Waals surface area contributed by atoms with Crippen LogP contribution in [0.4, 0.5) is 0 Å². The molecule has 2 aliphatic heterocycles. The molecule has 6 fully saturated rings. The number of ether oxygens (including phenoxy) is 3. The summed E-state index contributed by atoms with van der Waals surface area (Å²) in [7, 11) is 0. The number of quaternary nitrogens is 1. The average Bonchev–Trinajstić information content (AvgIpc) is 3.52. The molecule has 6 rings (SSSR count). The smallest absolute Gasteiger partial charge is 0.303 e. The molecule has 0 amide bonds. The lowest BCUT2D eigenvalue weighted by Crippen LogP contribution is -3.00. The summed E-state index contributed by atoms with van der Waals surface area (Å²) in [4.78, 5) is 27.3. The summed E-state index contributed by atoms with van der Waals surface area (Å²) in [6.45, 7) is 19.1. The molecule has 8 heteroatoms. The van der Waals surface area contributed by atoms with E-state index in [1.54, 1.807) is 13.8 Å². The quantitative estimate of drug-likeness (QED) is 0.249. The summed E-state index contributed by atoms with van der Waals surface area (Å²) < 4.78 is 19.2. The molecule has 0 aromatic carbocycles. The second-order valence-corrected chi connectivity index (χ2v) is 15.2. The van der Waals surface area contributed by atoms with Gasteiger partial charge in [-0.3, -0.25) is 14.5 Å². The Labute approximate surface area is 264 Å². The number of likely N-dealkylation sites (tertiary alicyclic amines) is 1. The summed E-state index contributed by atoms with van der Waals surface area (Å²) in [6.07, 6.45) is 12.7. The largest absolute Gasteiger partial charge is 1.00 e. The number of hydrogen-bond acceptors (Lipinski definition) is 6. The monoisotopic (exact) mass is 650 g/mol. The van der Waals surface area contributed by atoms with E-state index in [0.717, 1.165) is 56.6 Å². The lowest BCUT2D eigenvalue weighted by atomic mass is 9.44. The molecule has 0 aromatic heterocycles. The van der Waals surface area contributed by atoms with E-state index in [4.69, 9.17) is 14.2 Å². The van der Waals surface area contributed by atoms with Crippen LogP contribution in [0.3, 0.4) is 0 Å². The van der Waals surface area contributed by atoms with Crippen LogP contribution >= 0.6 is 0 Å². The molecule has 2 saturated heterocycles. The molecule has 0 radical (unpaired) electrons. The summed E-state index contributed by atoms with van der Waals surface area (Å²) in [5.74, 6) is 2.25. The fraction of sp³-hybridized carbons (Fsp3) is 0.882. The maximum Gasteiger partial charge on any atom is 0.303 e. The zero-order chi connectivity index (χ0) is 29.0. The summed E-state index contributed by atoms with van der Waals surface area (Å²) in [5.41, 5.74) is 0.272. The highest BCUT2D eigenvalue weighted by Gasteiger charge is 2.67. The van der Waals surface area contributed by atoms with Gasteiger partial charge in [0.1, 0.15) is 12.1 Å². The van der Waals surface area contributed by atoms with Crippen molar-refractivity contribution in [3.63, 3.8) is 0 Å². The number of morpholine rings is 1. The zero-order valence-electron chi connectivity index (χ0n) is 26.5. The molecule has 0 N–H and O–H groups in total. The molecule has 6 aliphatic rings. The van der Waals surface area contributed by atoms with Crippen molar-refractivity contribution in [1.82, 2.24) is 4.90 Å². The minimum Gasteiger partial charge on any atom is -1.00 e. The molecule has 238 valence electrons. The number of halogens is 1. The third-order valence-corrected chi connectivity index (χ3v) is 13.4. The van der Waals surface area contributed by atoms with Crippen LogP contribution in [0, 0.1) is 34.5 Å². The topological polar surface area (TPSA) is 65.1 Å². The van der Waals surface area contributed by atoms with E-state index >= 15 is 0 Å². The van der Waals surface area contributed by atoms with Crippen LogP contribution in [0.5, 0.6) is 0 Å². The van der Waals surface area contributed by atoms with E-state index in [1.807, 2.05) is 0 Å². The Morgan fingerprint density at radius 2 is 1.67 bits per heavy atom. The van der Waals surface area contributed by atoms with E-state index in [0.29, 0.717) is 29.7 Å². The minimum atomic E-state index is -0.147. The normalized spacial score (nSPS) is 44.6. The molecule has 0 bridgehead atoms. The molecule has 7 nitrogen and oxygen atoms in total. The van der Waals surface area contributed by atoms with Gasteiger partial charge in [0.25, 0.3) is 0 Å². The summed E-state index contributed by atoms with van der Waals surface area (Å²) in [6, 6.07) is 0.645. The highest BCUT2D eigenvalue weighted by Crippen LogP contribution is 2.67. The molecule has 0 spiro atoms. The van der Waals surface area contributed by atoms with Crippen LogP contribution in [-0.4, -0.2) is 91.6 Å². The van der Waals surface area contributed by atoms with Crippen molar-refractivity contribution < 1.29 is 45.3 Å². The number of fused-ring (bicyclic) bond motifs is 5. The van der Waals surface area contributed by atoms with Gasteiger partial charge >= 0.3 is 11.9 Å². The summed E-state index contributed by atoms with van der Waals surface area (Å²) >= 11 is 0. The number of nitrogens with zero attached hydrogens (tertiary/aromatic N) is 2. The van der Waals surface area contributed by atoms with Gasteiger partial charge < -0.3 is 35.7 Å². The average molecular weight is 652 g/mol. The maximum absolute atomic E-state index is 12.6. The van der Waals surface area contributed by atoms with Crippen LogP contribution in [0.25, 0.3) is 0 Å². The Hall–Kier alpha value is -0.960. The van der Waals surface area contributed by atoms with Crippen molar-refractivity contribution >= 4 is 11.9 Å². The van der Waals surface area contributed by atoms with Crippen molar-refractivity contribution in [3.05, 3.63) is 12.7 Å². The zero-order valence-corrected chi connectivity index (χ0v) is 28.1. The predicted octanol–water partition coefficient (Wildman–Crippen LogP) is 1.98. The Balaban J connectivity index is 0.00000353. The number of carbonyl (C=O) groups excluding carboxylic acids is 2. The second-order valence-electron chi connectivity index (χ2n) is 15.2. The Bertz CT molecular complexity index is 1010. The molecule has 5 unspecified atom stereocenters. The van der Waals surface area contributed by atoms with E-state index < -0.39 is 0 Å². The first-order valence-corrected chi connectivity index (χ1v) is 16.7. The van der Waals surface area contributed by atoms with Crippen LogP contribution < -0.4 is 17.0 Å². The van der Waals surface area contributed by atoms with Gasteiger partial charge in [-0.25, -0.2) is 0 Å². The molecule has 4 saturated carbocycles. The van der Waals surface area contributed by atoms with Crippen molar-refractivity contribution in [3.8, 4) is 0 Å². The Kier molecular flexibility index (Phi) is 9.61. The molecule has 42 heavy (non-hydrogen) atoms. The molecule has 0 aromatic rings. The van der Waals surface area contributed by atoms with Gasteiger partial charge in [-0.1, -0.05) is 20.4 Å². The van der Waals surface area contributed by atoms with Gasteiger partial charge in [0.2, 0.25) is 0 Å². The second kappa shape index (κ2) is 12.4. The van der Waals surface area contributed by atoms with Crippen molar-refractivity contribution in [2.45, 2.75) is 110 Å². The van der Waals surface area contributed by atoms with Crippen LogP contribution in [0.2, 0.25) is 0 Å². The van der Waals surface area contributed by atoms with E-state index in [1.165, 1.54) is 51.6 Å². The van der Waals surface area contributed by atoms with Crippen LogP contribution in [-0.2, 0) is 23.8 Å². The highest BCUT2D eigenvalue weighted by molar-refractivity contribution is 5.66. The van der Waals surface area contributed by atoms with E-state index in [9.17, 15) is 9.59 Å². The van der Waals surface area contributed by atoms with E-state index in [-0.39, 0.29) is 58.0 Å². The van der Waals surface area contributed by atoms with Crippen molar-refractivity contribution in [2.24, 2.45) is 34.5 Å². The molecular weight excluding hydrogens is 596 g/mol. The minimum absolute atomic E-state index is 0. The standard InChI is InChI=1S/C34H55N2O5.BrH/c1-6-15-36(16-7-8-17-36)30-21-28-26-10-9-25-20-31(40-23(2)37)29(35-13-18-39-19-14-35)22-34(25,5)27(26)11-12-33(28,4)32(30)41-24(3)38;/h6,25-32H,1,7-22H2,2-5H3;1H/q+1;/p-1/t25?,26-,27-,28+,29?,30?,31?,32?,33+,34+;/m1./s1. The predicted molar refractivity (Wildman–Crippen MR) is 158 cm³/mol. The molecule has 2 heterocycles. The van der Waals surface area contributed by atoms with Crippen molar-refractivity contribution in [1.29, 1.82) is 0 Å². The Morgan fingerprint density at radius 3 is 2.31 bits per heavy atom. The highest BCUT2D eigenvalue weighted by atomic mass is 79.9. The summed E-state index contributed by atoms with van der Waals surface area (Å²) in [5, 5.41) is 0. The van der Waals surface area contributed by atoms with E-state index in [2.05, 4.69) is 31.4 Å². The van der Waals surface area contributed by atoms with Gasteiger partial charge in [0.15, 0.2) is 6.10 Å². The molecule has 10 atom stereocenters. The van der Waals surface area contributed by atoms with Gasteiger partial charge in [-0.15, -0.1) is 0 Å². The lowest BCUT2D eigenvalue weighted by molar-refractivity contribution is -0.937. The number of esters is 2. The number of rotatable bonds is 6. The maximum atomic E-state index is 12.6. The first kappa shape index (κ1) is 32.4. The van der Waals surface area contributed by atoms with Gasteiger partial charge in [-0.05, 0) is 73.7 Å². The first-order valence-electron chi connectivity index (χ1n) is 16.7. The number of carbonyl (C=O) groups is 2. The van der Waals surface area contributed by atoms with Crippen LogP contribution in [0.15, 0.2) is 12.7 Å². The SMILES string of the molecule is C=CC[N+]1(C2C[C@H]3[C@@H]4CCC5CC(OC(C)=O)C(N6CCOCC6)C[C@]5(C)[C@@H]4CC[C@]3(C)C2OC(C)=O)CCCC1.[Br-]. The third kappa shape index (κ3) is 5.43. The molecule has 4 aliphatic carbocycles. The fourth-order valence-electron chi connectivity index (χ4n) is 11.6. The fourth-order valence-corrected chi connectivity index (χ4v) is 11.6. The first-order chi connectivity index (χ1) is 19.6. The van der Waals surface area contributed by atoms with Gasteiger partial charge in [0, 0.05) is 57.7 Å². The van der Waals surface area contributed by atoms with Crippen molar-refractivity contribution in [2.75, 3.05) is 45.9 Å². The lowest BCUT2D eigenvalue weighted by Gasteiger charge is -2.62. The van der Waals surface area contributed by atoms with Crippen LogP contribution in [0.1, 0.15) is 85.5 Å². The molecular formula is C34H55BrN2O5. The van der Waals surface area contributed by atoms with Gasteiger partial charge in [-0.2, -0.15) is 0 Å². The third-order valence-electron chi connectivity index (χ3n) is 13.4. The Morgan fingerprint density at radius 1 is 0.976 bits per heavy atom. The van der Waals surface area contributed by atoms with Gasteiger partial charge in [0.05, 0.1) is 32.8 Å².